The lowest BCUT2D eigenvalue weighted by atomic mass is 10.1. The summed E-state index contributed by atoms with van der Waals surface area (Å²) in [5.74, 6) is 0. The molecule has 0 spiro atoms. The smallest absolute Gasteiger partial charge is 0.277 e. The third kappa shape index (κ3) is 12.7. The molecular weight excluding hydrogens is 399 g/mol. The van der Waals surface area contributed by atoms with E-state index in [0.717, 1.165) is 25.7 Å². The average molecular weight is 437 g/mol. The molecule has 164 valence electrons. The zero-order chi connectivity index (χ0) is 21.8. The molecule has 0 fully saturated rings. The van der Waals surface area contributed by atoms with Crippen molar-refractivity contribution in [2.45, 2.75) is 77.6 Å². The number of unbranched alkanes of at least 4 members (excludes halogenated alkanes) is 1. The Morgan fingerprint density at radius 1 is 1.00 bits per heavy atom. The predicted octanol–water partition coefficient (Wildman–Crippen LogP) is 5.66. The second kappa shape index (κ2) is 13.5. The Morgan fingerprint density at radius 2 is 1.50 bits per heavy atom. The molecule has 0 saturated carbocycles. The molecule has 0 aromatic heterocycles. The molecule has 0 radical (unpaired) electrons. The Balaban J connectivity index is 4.46. The van der Waals surface area contributed by atoms with E-state index in [4.69, 9.17) is 0 Å². The third-order valence-corrected chi connectivity index (χ3v) is 8.88. The topological polar surface area (TPSA) is 101 Å². The van der Waals surface area contributed by atoms with E-state index >= 15 is 0 Å². The molecule has 2 N–H and O–H groups in total. The zero-order valence-electron chi connectivity index (χ0n) is 17.8. The van der Waals surface area contributed by atoms with Gasteiger partial charge in [-0.15, -0.1) is 0 Å². The Morgan fingerprint density at radius 3 is 1.96 bits per heavy atom. The Labute approximate surface area is 171 Å². The Kier molecular flexibility index (Phi) is 13.1. The molecule has 2 atom stereocenters. The van der Waals surface area contributed by atoms with Gasteiger partial charge in [0.2, 0.25) is 7.37 Å². The van der Waals surface area contributed by atoms with E-state index < -0.39 is 28.8 Å². The van der Waals surface area contributed by atoms with Crippen LogP contribution in [0.25, 0.3) is 0 Å². The molecule has 6 nitrogen and oxygen atoms in total. The van der Waals surface area contributed by atoms with Crippen LogP contribution in [0.4, 0.5) is 0 Å². The Bertz CT molecular complexity index is 702. The minimum atomic E-state index is -4.61. The van der Waals surface area contributed by atoms with Gasteiger partial charge >= 0.3 is 0 Å². The summed E-state index contributed by atoms with van der Waals surface area (Å²) in [4.78, 5) is 8.15. The van der Waals surface area contributed by atoms with Crippen molar-refractivity contribution in [3.8, 4) is 0 Å². The molecule has 8 heteroatoms. The van der Waals surface area contributed by atoms with Crippen molar-refractivity contribution >= 4 is 17.5 Å². The third-order valence-electron chi connectivity index (χ3n) is 4.38. The van der Waals surface area contributed by atoms with E-state index in [1.807, 2.05) is 13.0 Å². The van der Waals surface area contributed by atoms with Crippen molar-refractivity contribution in [1.29, 1.82) is 0 Å². The molecule has 0 saturated heterocycles. The summed E-state index contributed by atoms with van der Waals surface area (Å²) in [5, 5.41) is 0. The van der Waals surface area contributed by atoms with Crippen LogP contribution in [-0.4, -0.2) is 36.3 Å². The van der Waals surface area contributed by atoms with Crippen molar-refractivity contribution in [2.75, 3.05) is 13.5 Å². The molecular formula is C20H37O6PS. The number of methoxy groups -OCH3 is 1. The summed E-state index contributed by atoms with van der Waals surface area (Å²) < 4.78 is 48.8. The molecule has 0 aliphatic heterocycles. The molecule has 0 aliphatic rings. The summed E-state index contributed by atoms with van der Waals surface area (Å²) in [6, 6.07) is 0. The van der Waals surface area contributed by atoms with Crippen LogP contribution in [0.2, 0.25) is 0 Å². The molecule has 0 bridgehead atoms. The lowest BCUT2D eigenvalue weighted by Crippen LogP contribution is -2.22. The SMILES string of the molecule is COCP(=O)(O)C(CCCC=C(C)CCC=C(C)CCC=C(C)C)S(=O)(=O)O. The summed E-state index contributed by atoms with van der Waals surface area (Å²) >= 11 is 0. The normalized spacial score (nSPS) is 16.5. The first-order valence-corrected chi connectivity index (χ1v) is 13.0. The maximum absolute atomic E-state index is 12.1. The molecule has 0 amide bonds. The van der Waals surface area contributed by atoms with Gasteiger partial charge in [0.25, 0.3) is 10.1 Å². The molecule has 28 heavy (non-hydrogen) atoms. The van der Waals surface area contributed by atoms with Crippen molar-refractivity contribution in [3.63, 3.8) is 0 Å². The van der Waals surface area contributed by atoms with Gasteiger partial charge in [-0.3, -0.25) is 9.12 Å². The van der Waals surface area contributed by atoms with E-state index in [-0.39, 0.29) is 6.42 Å². The van der Waals surface area contributed by atoms with Gasteiger partial charge in [-0.2, -0.15) is 8.42 Å². The summed E-state index contributed by atoms with van der Waals surface area (Å²) in [5.41, 5.74) is 3.90. The van der Waals surface area contributed by atoms with Crippen LogP contribution in [0.3, 0.4) is 0 Å². The number of hydrogen-bond donors (Lipinski definition) is 2. The van der Waals surface area contributed by atoms with Crippen LogP contribution in [0.15, 0.2) is 34.9 Å². The van der Waals surface area contributed by atoms with Gasteiger partial charge in [0, 0.05) is 7.11 Å². The maximum atomic E-state index is 12.1. The van der Waals surface area contributed by atoms with Crippen LogP contribution >= 0.6 is 7.37 Å². The van der Waals surface area contributed by atoms with Crippen molar-refractivity contribution in [3.05, 3.63) is 34.9 Å². The molecule has 0 rings (SSSR count). The minimum Gasteiger partial charge on any atom is -0.375 e. The van der Waals surface area contributed by atoms with Crippen molar-refractivity contribution in [2.24, 2.45) is 0 Å². The first kappa shape index (κ1) is 27.3. The van der Waals surface area contributed by atoms with Gasteiger partial charge in [0.15, 0.2) is 4.99 Å². The first-order valence-electron chi connectivity index (χ1n) is 9.61. The van der Waals surface area contributed by atoms with E-state index in [9.17, 15) is 22.4 Å². The fraction of sp³-hybridized carbons (Fsp3) is 0.700. The van der Waals surface area contributed by atoms with E-state index in [1.165, 1.54) is 23.8 Å². The van der Waals surface area contributed by atoms with Gasteiger partial charge in [0.1, 0.15) is 6.35 Å². The highest BCUT2D eigenvalue weighted by atomic mass is 32.2. The maximum Gasteiger partial charge on any atom is 0.277 e. The fourth-order valence-corrected chi connectivity index (χ4v) is 6.24. The number of rotatable bonds is 14. The largest absolute Gasteiger partial charge is 0.375 e. The van der Waals surface area contributed by atoms with Crippen LogP contribution in [0.1, 0.15) is 72.6 Å². The zero-order valence-corrected chi connectivity index (χ0v) is 19.6. The Hall–Kier alpha value is -0.720. The fourth-order valence-electron chi connectivity index (χ4n) is 2.81. The molecule has 0 aromatic rings. The summed E-state index contributed by atoms with van der Waals surface area (Å²) in [7, 11) is -7.52. The highest BCUT2D eigenvalue weighted by molar-refractivity contribution is 7.94. The van der Waals surface area contributed by atoms with Gasteiger partial charge in [-0.25, -0.2) is 0 Å². The minimum absolute atomic E-state index is 0.0802. The van der Waals surface area contributed by atoms with E-state index in [0.29, 0.717) is 12.8 Å². The number of allylic oxidation sites excluding steroid dienone is 6. The lowest BCUT2D eigenvalue weighted by molar-refractivity contribution is 0.236. The highest BCUT2D eigenvalue weighted by Gasteiger charge is 2.40. The van der Waals surface area contributed by atoms with Gasteiger partial charge in [-0.1, -0.05) is 34.9 Å². The molecule has 0 heterocycles. The van der Waals surface area contributed by atoms with Crippen LogP contribution in [0, 0.1) is 0 Å². The van der Waals surface area contributed by atoms with Gasteiger partial charge < -0.3 is 9.63 Å². The van der Waals surface area contributed by atoms with Gasteiger partial charge in [-0.05, 0) is 72.6 Å². The quantitative estimate of drug-likeness (QED) is 0.158. The van der Waals surface area contributed by atoms with Gasteiger partial charge in [0.05, 0.1) is 0 Å². The summed E-state index contributed by atoms with van der Waals surface area (Å²) in [6.07, 6.45) is 10.8. The standard InChI is InChI=1S/C20H37O6PS/c1-17(2)10-8-12-19(4)14-9-13-18(3)11-6-7-15-20(28(23,24)25)27(21,22)16-26-5/h10-11,14,20H,6-9,12-13,15-16H2,1-5H3,(H,21,22)(H,23,24,25). The van der Waals surface area contributed by atoms with Crippen LogP contribution in [0.5, 0.6) is 0 Å². The molecule has 2 unspecified atom stereocenters. The van der Waals surface area contributed by atoms with E-state index in [1.54, 1.807) is 0 Å². The van der Waals surface area contributed by atoms with E-state index in [2.05, 4.69) is 37.7 Å². The molecule has 0 aromatic carbocycles. The molecule has 0 aliphatic carbocycles. The second-order valence-corrected chi connectivity index (χ2v) is 11.9. The first-order chi connectivity index (χ1) is 12.9. The van der Waals surface area contributed by atoms with Crippen LogP contribution < -0.4 is 0 Å². The predicted molar refractivity (Wildman–Crippen MR) is 116 cm³/mol. The number of hydrogen-bond acceptors (Lipinski definition) is 4. The number of ether oxygens (including phenoxy) is 1. The monoisotopic (exact) mass is 436 g/mol. The summed E-state index contributed by atoms with van der Waals surface area (Å²) in [6.45, 7) is 8.36. The average Bonchev–Trinajstić information content (AvgIpc) is 2.52. The highest BCUT2D eigenvalue weighted by Crippen LogP contribution is 2.50. The van der Waals surface area contributed by atoms with Crippen molar-refractivity contribution in [1.82, 2.24) is 0 Å². The second-order valence-electron chi connectivity index (χ2n) is 7.53. The lowest BCUT2D eigenvalue weighted by Gasteiger charge is -2.19. The van der Waals surface area contributed by atoms with Crippen LogP contribution in [-0.2, 0) is 19.4 Å². The van der Waals surface area contributed by atoms with Crippen molar-refractivity contribution < 1.29 is 27.2 Å².